The van der Waals surface area contributed by atoms with Gasteiger partial charge in [-0.15, -0.1) is 12.4 Å². The lowest BCUT2D eigenvalue weighted by molar-refractivity contribution is 0.304. The van der Waals surface area contributed by atoms with E-state index in [1.165, 1.54) is 38.9 Å². The van der Waals surface area contributed by atoms with Crippen LogP contribution in [0.4, 0.5) is 5.69 Å². The Hall–Kier alpha value is -3.93. The van der Waals surface area contributed by atoms with Gasteiger partial charge in [-0.2, -0.15) is 0 Å². The molecule has 1 aliphatic heterocycles. The highest BCUT2D eigenvalue weighted by molar-refractivity contribution is 5.85. The number of aromatic nitrogens is 1. The van der Waals surface area contributed by atoms with Crippen LogP contribution in [0, 0.1) is 5.92 Å². The number of hydrogen-bond acceptors (Lipinski definition) is 4. The molecule has 6 rings (SSSR count). The summed E-state index contributed by atoms with van der Waals surface area (Å²) in [6, 6.07) is 32.1. The van der Waals surface area contributed by atoms with Crippen molar-refractivity contribution in [3.05, 3.63) is 114 Å². The van der Waals surface area contributed by atoms with Gasteiger partial charge in [0.2, 0.25) is 0 Å². The monoisotopic (exact) mass is 595 g/mol. The maximum absolute atomic E-state index is 6.33. The summed E-state index contributed by atoms with van der Waals surface area (Å²) in [5.41, 5.74) is 8.88. The van der Waals surface area contributed by atoms with E-state index in [4.69, 9.17) is 9.47 Å². The molecule has 5 aromatic rings. The van der Waals surface area contributed by atoms with Crippen molar-refractivity contribution in [1.29, 1.82) is 0 Å². The first kappa shape index (κ1) is 30.5. The average molecular weight is 596 g/mol. The fraction of sp³-hybridized carbons (Fsp3) is 0.297. The summed E-state index contributed by atoms with van der Waals surface area (Å²) in [5.74, 6) is 2.44. The molecule has 4 aromatic carbocycles. The van der Waals surface area contributed by atoms with Gasteiger partial charge in [-0.1, -0.05) is 60.7 Å². The van der Waals surface area contributed by atoms with E-state index in [0.29, 0.717) is 12.5 Å². The van der Waals surface area contributed by atoms with Crippen LogP contribution in [-0.4, -0.2) is 50.7 Å². The molecule has 0 amide bonds. The molecule has 0 saturated heterocycles. The van der Waals surface area contributed by atoms with E-state index in [2.05, 4.69) is 120 Å². The molecule has 0 saturated carbocycles. The first-order valence-electron chi connectivity index (χ1n) is 15.0. The summed E-state index contributed by atoms with van der Waals surface area (Å²) in [7, 11) is 6.08. The fourth-order valence-electron chi connectivity index (χ4n) is 6.28. The highest BCUT2D eigenvalue weighted by atomic mass is 35.5. The van der Waals surface area contributed by atoms with E-state index in [9.17, 15) is 0 Å². The van der Waals surface area contributed by atoms with E-state index in [-0.39, 0.29) is 12.4 Å². The summed E-state index contributed by atoms with van der Waals surface area (Å²) in [5, 5.41) is 1.26. The van der Waals surface area contributed by atoms with Crippen molar-refractivity contribution in [1.82, 2.24) is 9.88 Å². The third-order valence-corrected chi connectivity index (χ3v) is 8.32. The lowest BCUT2D eigenvalue weighted by atomic mass is 9.91. The second kappa shape index (κ2) is 14.0. The number of nitrogens with one attached hydrogen (secondary N) is 1. The zero-order valence-corrected chi connectivity index (χ0v) is 26.2. The summed E-state index contributed by atoms with van der Waals surface area (Å²) in [4.78, 5) is 8.33. The number of fused-ring (bicyclic) bond motifs is 2. The van der Waals surface area contributed by atoms with Crippen LogP contribution in [0.25, 0.3) is 22.0 Å². The van der Waals surface area contributed by atoms with E-state index < -0.39 is 0 Å². The van der Waals surface area contributed by atoms with Crippen molar-refractivity contribution < 1.29 is 9.47 Å². The average Bonchev–Trinajstić information content (AvgIpc) is 3.42. The number of nitrogens with zero attached hydrogens (tertiary/aromatic N) is 2. The zero-order chi connectivity index (χ0) is 28.9. The number of aromatic amines is 1. The maximum atomic E-state index is 6.33. The molecule has 1 atom stereocenters. The highest BCUT2D eigenvalue weighted by Gasteiger charge is 2.25. The van der Waals surface area contributed by atoms with Gasteiger partial charge in [0.05, 0.1) is 7.11 Å². The molecule has 43 heavy (non-hydrogen) atoms. The largest absolute Gasteiger partial charge is 0.497 e. The SMILES string of the molecule is COc1ccc2[nH]cc(CCCN3CC(CN(C)C)Cc4ccc(OCc5ccc(-c6ccccc6)cc5)cc43)c2c1.Cl. The second-order valence-electron chi connectivity index (χ2n) is 11.7. The Bertz CT molecular complexity index is 1610. The minimum absolute atomic E-state index is 0. The minimum atomic E-state index is 0. The van der Waals surface area contributed by atoms with Crippen molar-refractivity contribution in [3.8, 4) is 22.6 Å². The summed E-state index contributed by atoms with van der Waals surface area (Å²) >= 11 is 0. The number of hydrogen-bond donors (Lipinski definition) is 1. The molecule has 0 aliphatic carbocycles. The van der Waals surface area contributed by atoms with Gasteiger partial charge in [0, 0.05) is 48.5 Å². The van der Waals surface area contributed by atoms with Crippen LogP contribution < -0.4 is 14.4 Å². The third-order valence-electron chi connectivity index (χ3n) is 8.32. The van der Waals surface area contributed by atoms with Gasteiger partial charge < -0.3 is 24.3 Å². The van der Waals surface area contributed by atoms with Crippen LogP contribution in [0.5, 0.6) is 11.5 Å². The van der Waals surface area contributed by atoms with E-state index in [0.717, 1.165) is 55.9 Å². The van der Waals surface area contributed by atoms with E-state index >= 15 is 0 Å². The smallest absolute Gasteiger partial charge is 0.121 e. The Morgan fingerprint density at radius 2 is 1.65 bits per heavy atom. The molecule has 1 unspecified atom stereocenters. The Labute approximate surface area is 261 Å². The number of aryl methyl sites for hydroxylation is 1. The van der Waals surface area contributed by atoms with Gasteiger partial charge in [-0.3, -0.25) is 0 Å². The Kier molecular flexibility index (Phi) is 9.96. The maximum Gasteiger partial charge on any atom is 0.121 e. The van der Waals surface area contributed by atoms with Crippen LogP contribution in [0.15, 0.2) is 97.2 Å². The molecule has 2 heterocycles. The molecule has 0 fully saturated rings. The van der Waals surface area contributed by atoms with Crippen LogP contribution in [0.3, 0.4) is 0 Å². The zero-order valence-electron chi connectivity index (χ0n) is 25.4. The topological polar surface area (TPSA) is 40.7 Å². The number of rotatable bonds is 11. The number of ether oxygens (including phenoxy) is 2. The second-order valence-corrected chi connectivity index (χ2v) is 11.7. The van der Waals surface area contributed by atoms with Crippen LogP contribution in [0.1, 0.15) is 23.1 Å². The predicted octanol–water partition coefficient (Wildman–Crippen LogP) is 8.02. The van der Waals surface area contributed by atoms with Crippen molar-refractivity contribution in [2.75, 3.05) is 45.7 Å². The predicted molar refractivity (Wildman–Crippen MR) is 181 cm³/mol. The number of anilines is 1. The first-order chi connectivity index (χ1) is 20.6. The van der Waals surface area contributed by atoms with Gasteiger partial charge in [-0.05, 0) is 91.4 Å². The molecule has 0 radical (unpaired) electrons. The summed E-state index contributed by atoms with van der Waals surface area (Å²) in [6.07, 6.45) is 5.36. The molecule has 1 N–H and O–H groups in total. The molecule has 224 valence electrons. The lowest BCUT2D eigenvalue weighted by Crippen LogP contribution is -2.40. The number of methoxy groups -OCH3 is 1. The van der Waals surface area contributed by atoms with Gasteiger partial charge in [-0.25, -0.2) is 0 Å². The standard InChI is InChI=1S/C37H41N3O2.ClH/c1-39(2)24-28-20-31-15-16-34(42-26-27-11-13-30(14-12-27)29-8-5-4-6-9-29)22-37(31)40(25-28)19-7-10-32-23-38-36-18-17-33(41-3)21-35(32)36;/h4-6,8-9,11-18,21-23,28,38H,7,10,19-20,24-26H2,1-3H3;1H. The molecular formula is C37H42ClN3O2. The van der Waals surface area contributed by atoms with Crippen molar-refractivity contribution >= 4 is 29.0 Å². The normalized spacial score (nSPS) is 14.4. The Balaban J connectivity index is 0.00000368. The molecule has 1 aliphatic rings. The van der Waals surface area contributed by atoms with Crippen molar-refractivity contribution in [3.63, 3.8) is 0 Å². The van der Waals surface area contributed by atoms with Gasteiger partial charge in [0.15, 0.2) is 0 Å². The van der Waals surface area contributed by atoms with E-state index in [1.54, 1.807) is 7.11 Å². The number of H-pyrrole nitrogens is 1. The molecular weight excluding hydrogens is 554 g/mol. The molecule has 0 spiro atoms. The first-order valence-corrected chi connectivity index (χ1v) is 15.0. The molecule has 1 aromatic heterocycles. The van der Waals surface area contributed by atoms with Crippen molar-refractivity contribution in [2.45, 2.75) is 25.9 Å². The summed E-state index contributed by atoms with van der Waals surface area (Å²) < 4.78 is 11.8. The summed E-state index contributed by atoms with van der Waals surface area (Å²) in [6.45, 7) is 3.73. The Morgan fingerprint density at radius 3 is 2.42 bits per heavy atom. The highest BCUT2D eigenvalue weighted by Crippen LogP contribution is 2.34. The number of benzene rings is 4. The van der Waals surface area contributed by atoms with E-state index in [1.807, 2.05) is 6.07 Å². The van der Waals surface area contributed by atoms with Crippen LogP contribution in [0.2, 0.25) is 0 Å². The van der Waals surface area contributed by atoms with Crippen molar-refractivity contribution in [2.24, 2.45) is 5.92 Å². The minimum Gasteiger partial charge on any atom is -0.497 e. The quantitative estimate of drug-likeness (QED) is 0.168. The van der Waals surface area contributed by atoms with Gasteiger partial charge in [0.25, 0.3) is 0 Å². The Morgan fingerprint density at radius 1 is 0.884 bits per heavy atom. The molecule has 5 nitrogen and oxygen atoms in total. The van der Waals surface area contributed by atoms with Gasteiger partial charge in [0.1, 0.15) is 18.1 Å². The number of halogens is 1. The van der Waals surface area contributed by atoms with Gasteiger partial charge >= 0.3 is 0 Å². The van der Waals surface area contributed by atoms with Crippen LogP contribution in [-0.2, 0) is 19.4 Å². The lowest BCUT2D eigenvalue weighted by Gasteiger charge is -2.37. The molecule has 6 heteroatoms. The molecule has 0 bridgehead atoms. The fourth-order valence-corrected chi connectivity index (χ4v) is 6.28. The van der Waals surface area contributed by atoms with Crippen LogP contribution >= 0.6 is 12.4 Å². The third kappa shape index (κ3) is 7.35.